The van der Waals surface area contributed by atoms with Crippen molar-refractivity contribution in [2.24, 2.45) is 0 Å². The van der Waals surface area contributed by atoms with E-state index in [2.05, 4.69) is 4.72 Å². The van der Waals surface area contributed by atoms with Crippen LogP contribution in [0.4, 0.5) is 5.69 Å². The Morgan fingerprint density at radius 2 is 1.86 bits per heavy atom. The monoisotopic (exact) mass is 324 g/mol. The molecule has 4 nitrogen and oxygen atoms in total. The van der Waals surface area contributed by atoms with Gasteiger partial charge >= 0.3 is 0 Å². The van der Waals surface area contributed by atoms with Crippen molar-refractivity contribution in [2.45, 2.75) is 24.3 Å². The van der Waals surface area contributed by atoms with Crippen LogP contribution in [0.1, 0.15) is 24.9 Å². The van der Waals surface area contributed by atoms with Gasteiger partial charge in [-0.3, -0.25) is 0 Å². The first-order chi connectivity index (χ1) is 9.94. The average Bonchev–Trinajstić information content (AvgIpc) is 2.45. The minimum atomic E-state index is -3.70. The zero-order chi connectivity index (χ0) is 15.5. The van der Waals surface area contributed by atoms with E-state index in [1.807, 2.05) is 37.3 Å². The summed E-state index contributed by atoms with van der Waals surface area (Å²) in [5.41, 5.74) is 6.81. The number of rotatable bonds is 5. The molecule has 2 rings (SSSR count). The van der Waals surface area contributed by atoms with Crippen LogP contribution >= 0.6 is 11.6 Å². The van der Waals surface area contributed by atoms with Crippen LogP contribution in [0, 0.1) is 0 Å². The minimum absolute atomic E-state index is 0.0429. The largest absolute Gasteiger partial charge is 0.398 e. The number of halogens is 1. The van der Waals surface area contributed by atoms with Gasteiger partial charge in [-0.1, -0.05) is 48.9 Å². The summed E-state index contributed by atoms with van der Waals surface area (Å²) < 4.78 is 27.6. The lowest BCUT2D eigenvalue weighted by molar-refractivity contribution is 0.550. The van der Waals surface area contributed by atoms with Crippen LogP contribution in [0.3, 0.4) is 0 Å². The zero-order valence-electron chi connectivity index (χ0n) is 11.6. The highest BCUT2D eigenvalue weighted by molar-refractivity contribution is 7.89. The molecule has 0 saturated heterocycles. The molecular formula is C15H17ClN2O2S. The molecule has 112 valence electrons. The third-order valence-electron chi connectivity index (χ3n) is 3.17. The van der Waals surface area contributed by atoms with Crippen molar-refractivity contribution < 1.29 is 8.42 Å². The molecule has 2 aromatic carbocycles. The van der Waals surface area contributed by atoms with Gasteiger partial charge < -0.3 is 5.73 Å². The summed E-state index contributed by atoms with van der Waals surface area (Å²) in [5, 5.41) is 0.404. The number of benzene rings is 2. The Labute approximate surface area is 130 Å². The number of sulfonamides is 1. The molecule has 0 radical (unpaired) electrons. The Morgan fingerprint density at radius 1 is 1.19 bits per heavy atom. The van der Waals surface area contributed by atoms with Crippen LogP contribution in [-0.2, 0) is 10.0 Å². The zero-order valence-corrected chi connectivity index (χ0v) is 13.2. The van der Waals surface area contributed by atoms with Gasteiger partial charge in [-0.2, -0.15) is 0 Å². The topological polar surface area (TPSA) is 72.2 Å². The normalized spacial score (nSPS) is 13.0. The van der Waals surface area contributed by atoms with Crippen molar-refractivity contribution in [2.75, 3.05) is 5.73 Å². The minimum Gasteiger partial charge on any atom is -0.398 e. The maximum atomic E-state index is 12.5. The standard InChI is InChI=1S/C15H17ClN2O2S/c1-2-14(11-6-4-3-5-7-11)18-21(19,20)15-9-8-12(16)10-13(15)17/h3-10,14,18H,2,17H2,1H3. The van der Waals surface area contributed by atoms with E-state index < -0.39 is 10.0 Å². The molecule has 6 heteroatoms. The number of nitrogens with two attached hydrogens (primary N) is 1. The Bertz CT molecular complexity index is 718. The lowest BCUT2D eigenvalue weighted by Crippen LogP contribution is -2.28. The highest BCUT2D eigenvalue weighted by atomic mass is 35.5. The molecule has 21 heavy (non-hydrogen) atoms. The second-order valence-electron chi connectivity index (χ2n) is 4.67. The average molecular weight is 325 g/mol. The molecule has 0 amide bonds. The number of nitrogens with one attached hydrogen (secondary N) is 1. The van der Waals surface area contributed by atoms with Crippen LogP contribution in [0.5, 0.6) is 0 Å². The van der Waals surface area contributed by atoms with Gasteiger partial charge in [0, 0.05) is 11.1 Å². The van der Waals surface area contributed by atoms with Gasteiger partial charge in [0.15, 0.2) is 0 Å². The number of nitrogen functional groups attached to an aromatic ring is 1. The SMILES string of the molecule is CCC(NS(=O)(=O)c1ccc(Cl)cc1N)c1ccccc1. The summed E-state index contributed by atoms with van der Waals surface area (Å²) in [6.07, 6.45) is 0.636. The Hall–Kier alpha value is -1.56. The lowest BCUT2D eigenvalue weighted by atomic mass is 10.1. The van der Waals surface area contributed by atoms with Crippen LogP contribution < -0.4 is 10.5 Å². The first-order valence-electron chi connectivity index (χ1n) is 6.56. The maximum absolute atomic E-state index is 12.5. The molecule has 2 aromatic rings. The molecule has 0 fully saturated rings. The summed E-state index contributed by atoms with van der Waals surface area (Å²) in [6.45, 7) is 1.92. The lowest BCUT2D eigenvalue weighted by Gasteiger charge is -2.18. The highest BCUT2D eigenvalue weighted by Gasteiger charge is 2.22. The second-order valence-corrected chi connectivity index (χ2v) is 6.79. The first kappa shape index (κ1) is 15.8. The van der Waals surface area contributed by atoms with Crippen LogP contribution in [0.25, 0.3) is 0 Å². The van der Waals surface area contributed by atoms with Crippen LogP contribution in [-0.4, -0.2) is 8.42 Å². The van der Waals surface area contributed by atoms with Gasteiger partial charge in [-0.05, 0) is 30.2 Å². The highest BCUT2D eigenvalue weighted by Crippen LogP contribution is 2.25. The predicted molar refractivity (Wildman–Crippen MR) is 85.7 cm³/mol. The van der Waals surface area contributed by atoms with Gasteiger partial charge in [0.1, 0.15) is 4.90 Å². The molecule has 0 spiro atoms. The van der Waals surface area contributed by atoms with Crippen LogP contribution in [0.15, 0.2) is 53.4 Å². The maximum Gasteiger partial charge on any atom is 0.243 e. The summed E-state index contributed by atoms with van der Waals surface area (Å²) in [5.74, 6) is 0. The Kier molecular flexibility index (Phi) is 4.88. The van der Waals surface area contributed by atoms with Crippen molar-refractivity contribution in [1.82, 2.24) is 4.72 Å². The summed E-state index contributed by atoms with van der Waals surface area (Å²) in [7, 11) is -3.70. The molecule has 0 aliphatic carbocycles. The Morgan fingerprint density at radius 3 is 2.43 bits per heavy atom. The fraction of sp³-hybridized carbons (Fsp3) is 0.200. The van der Waals surface area contributed by atoms with E-state index in [1.165, 1.54) is 18.2 Å². The summed E-state index contributed by atoms with van der Waals surface area (Å²) in [6, 6.07) is 13.5. The Balaban J connectivity index is 2.32. The van der Waals surface area contributed by atoms with Gasteiger partial charge in [0.05, 0.1) is 5.69 Å². The van der Waals surface area contributed by atoms with E-state index in [-0.39, 0.29) is 16.6 Å². The van der Waals surface area contributed by atoms with E-state index in [9.17, 15) is 8.42 Å². The molecule has 1 atom stereocenters. The van der Waals surface area contributed by atoms with E-state index >= 15 is 0 Å². The molecule has 0 heterocycles. The molecule has 1 unspecified atom stereocenters. The van der Waals surface area contributed by atoms with Crippen molar-refractivity contribution in [3.05, 3.63) is 59.1 Å². The number of anilines is 1. The fourth-order valence-electron chi connectivity index (χ4n) is 2.09. The molecule has 0 aromatic heterocycles. The molecule has 0 saturated carbocycles. The van der Waals surface area contributed by atoms with Crippen molar-refractivity contribution >= 4 is 27.3 Å². The quantitative estimate of drug-likeness (QED) is 0.828. The smallest absolute Gasteiger partial charge is 0.243 e. The third kappa shape index (κ3) is 3.75. The van der Waals surface area contributed by atoms with Crippen LogP contribution in [0.2, 0.25) is 5.02 Å². The van der Waals surface area contributed by atoms with Crippen molar-refractivity contribution in [3.63, 3.8) is 0 Å². The van der Waals surface area contributed by atoms with Gasteiger partial charge in [-0.15, -0.1) is 0 Å². The van der Waals surface area contributed by atoms with E-state index in [0.29, 0.717) is 11.4 Å². The molecule has 0 bridgehead atoms. The number of hydrogen-bond acceptors (Lipinski definition) is 3. The first-order valence-corrected chi connectivity index (χ1v) is 8.42. The molecule has 0 aliphatic heterocycles. The number of hydrogen-bond donors (Lipinski definition) is 2. The van der Waals surface area contributed by atoms with E-state index in [4.69, 9.17) is 17.3 Å². The molecule has 3 N–H and O–H groups in total. The fourth-order valence-corrected chi connectivity index (χ4v) is 3.69. The van der Waals surface area contributed by atoms with Crippen molar-refractivity contribution in [1.29, 1.82) is 0 Å². The van der Waals surface area contributed by atoms with Gasteiger partial charge in [0.2, 0.25) is 10.0 Å². The van der Waals surface area contributed by atoms with Crippen molar-refractivity contribution in [3.8, 4) is 0 Å². The summed E-state index contributed by atoms with van der Waals surface area (Å²) in [4.78, 5) is 0.0429. The van der Waals surface area contributed by atoms with E-state index in [0.717, 1.165) is 5.56 Å². The molecular weight excluding hydrogens is 308 g/mol. The second kappa shape index (κ2) is 6.47. The molecule has 0 aliphatic rings. The predicted octanol–water partition coefficient (Wildman–Crippen LogP) is 3.35. The summed E-state index contributed by atoms with van der Waals surface area (Å²) >= 11 is 5.80. The van der Waals surface area contributed by atoms with Gasteiger partial charge in [0.25, 0.3) is 0 Å². The van der Waals surface area contributed by atoms with E-state index in [1.54, 1.807) is 0 Å². The van der Waals surface area contributed by atoms with Gasteiger partial charge in [-0.25, -0.2) is 13.1 Å². The third-order valence-corrected chi connectivity index (χ3v) is 4.95.